The van der Waals surface area contributed by atoms with E-state index in [1.54, 1.807) is 6.92 Å². The Bertz CT molecular complexity index is 691. The quantitative estimate of drug-likeness (QED) is 0.622. The molecule has 2 rings (SSSR count). The minimum absolute atomic E-state index is 0.202. The average molecular weight is 283 g/mol. The van der Waals surface area contributed by atoms with Crippen molar-refractivity contribution in [2.24, 2.45) is 0 Å². The number of carbonyl (C=O) groups excluding carboxylic acids is 1. The van der Waals surface area contributed by atoms with Crippen LogP contribution in [0.5, 0.6) is 0 Å². The van der Waals surface area contributed by atoms with Crippen molar-refractivity contribution >= 4 is 22.6 Å². The second-order valence-electron chi connectivity index (χ2n) is 4.35. The Labute approximate surface area is 123 Å². The van der Waals surface area contributed by atoms with E-state index in [0.29, 0.717) is 18.8 Å². The summed E-state index contributed by atoms with van der Waals surface area (Å²) in [7, 11) is 0. The average Bonchev–Trinajstić information content (AvgIpc) is 2.52. The number of aromatic nitrogens is 2. The number of fused-ring (bicyclic) bond motifs is 1. The summed E-state index contributed by atoms with van der Waals surface area (Å²) >= 11 is 0. The van der Waals surface area contributed by atoms with Crippen LogP contribution in [0.1, 0.15) is 24.3 Å². The molecule has 0 radical (unpaired) electrons. The molecule has 0 bridgehead atoms. The van der Waals surface area contributed by atoms with Crippen LogP contribution in [0.15, 0.2) is 24.3 Å². The zero-order valence-corrected chi connectivity index (χ0v) is 12.2. The zero-order valence-electron chi connectivity index (χ0n) is 12.2. The van der Waals surface area contributed by atoms with E-state index in [2.05, 4.69) is 16.1 Å². The second-order valence-corrected chi connectivity index (χ2v) is 4.35. The summed E-state index contributed by atoms with van der Waals surface area (Å²) in [5, 5.41) is 8.97. The molecule has 108 valence electrons. The highest BCUT2D eigenvalue weighted by Crippen LogP contribution is 2.28. The SMILES string of the molecule is C#CCN(CC)c1c(C(=O)OCC)nnc2ccccc12. The Hall–Kier alpha value is -2.61. The molecule has 1 aromatic carbocycles. The monoisotopic (exact) mass is 283 g/mol. The van der Waals surface area contributed by atoms with E-state index in [9.17, 15) is 4.79 Å². The lowest BCUT2D eigenvalue weighted by Gasteiger charge is -2.23. The molecule has 1 heterocycles. The number of nitrogens with zero attached hydrogens (tertiary/aromatic N) is 3. The molecule has 0 atom stereocenters. The standard InChI is InChI=1S/C16H17N3O2/c1-4-11-19(5-2)15-12-9-7-8-10-13(12)17-18-14(15)16(20)21-6-3/h1,7-10H,5-6,11H2,2-3H3. The maximum Gasteiger partial charge on any atom is 0.361 e. The topological polar surface area (TPSA) is 55.3 Å². The maximum absolute atomic E-state index is 12.1. The van der Waals surface area contributed by atoms with Crippen LogP contribution in [0.4, 0.5) is 5.69 Å². The number of esters is 1. The van der Waals surface area contributed by atoms with Crippen LogP contribution in [0.2, 0.25) is 0 Å². The molecule has 0 unspecified atom stereocenters. The first kappa shape index (κ1) is 14.8. The first-order valence-corrected chi connectivity index (χ1v) is 6.83. The van der Waals surface area contributed by atoms with Gasteiger partial charge in [-0.3, -0.25) is 0 Å². The van der Waals surface area contributed by atoms with Crippen molar-refractivity contribution in [3.05, 3.63) is 30.0 Å². The molecule has 0 N–H and O–H groups in total. The number of hydrogen-bond acceptors (Lipinski definition) is 5. The first-order chi connectivity index (χ1) is 10.2. The number of benzene rings is 1. The molecule has 0 saturated heterocycles. The number of terminal acetylenes is 1. The summed E-state index contributed by atoms with van der Waals surface area (Å²) in [6, 6.07) is 7.53. The molecular weight excluding hydrogens is 266 g/mol. The summed E-state index contributed by atoms with van der Waals surface area (Å²) < 4.78 is 5.07. The first-order valence-electron chi connectivity index (χ1n) is 6.83. The third kappa shape index (κ3) is 2.95. The van der Waals surface area contributed by atoms with E-state index in [-0.39, 0.29) is 12.3 Å². The van der Waals surface area contributed by atoms with Crippen LogP contribution >= 0.6 is 0 Å². The van der Waals surface area contributed by atoms with Gasteiger partial charge in [-0.1, -0.05) is 24.1 Å². The van der Waals surface area contributed by atoms with Crippen LogP contribution in [0.25, 0.3) is 10.9 Å². The highest BCUT2D eigenvalue weighted by Gasteiger charge is 2.22. The van der Waals surface area contributed by atoms with Gasteiger partial charge < -0.3 is 9.64 Å². The molecule has 1 aromatic heterocycles. The Morgan fingerprint density at radius 1 is 1.33 bits per heavy atom. The molecule has 0 amide bonds. The van der Waals surface area contributed by atoms with E-state index < -0.39 is 5.97 Å². The summed E-state index contributed by atoms with van der Waals surface area (Å²) in [6.45, 7) is 5.06. The van der Waals surface area contributed by atoms with Gasteiger partial charge in [0, 0.05) is 11.9 Å². The number of carbonyl (C=O) groups is 1. The number of hydrogen-bond donors (Lipinski definition) is 0. The number of anilines is 1. The summed E-state index contributed by atoms with van der Waals surface area (Å²) in [5.74, 6) is 2.12. The van der Waals surface area contributed by atoms with Crippen LogP contribution in [0, 0.1) is 12.3 Å². The van der Waals surface area contributed by atoms with Crippen molar-refractivity contribution in [3.8, 4) is 12.3 Å². The van der Waals surface area contributed by atoms with Gasteiger partial charge in [0.2, 0.25) is 0 Å². The van der Waals surface area contributed by atoms with Gasteiger partial charge >= 0.3 is 5.97 Å². The Kier molecular flexibility index (Phi) is 4.72. The smallest absolute Gasteiger partial charge is 0.361 e. The highest BCUT2D eigenvalue weighted by molar-refractivity contribution is 6.03. The van der Waals surface area contributed by atoms with Gasteiger partial charge in [0.05, 0.1) is 24.4 Å². The maximum atomic E-state index is 12.1. The molecule has 5 heteroatoms. The predicted octanol–water partition coefficient (Wildman–Crippen LogP) is 2.27. The van der Waals surface area contributed by atoms with Gasteiger partial charge in [-0.25, -0.2) is 4.79 Å². The predicted molar refractivity (Wildman–Crippen MR) is 82.2 cm³/mol. The molecule has 0 saturated carbocycles. The van der Waals surface area contributed by atoms with Crippen molar-refractivity contribution in [1.29, 1.82) is 0 Å². The third-order valence-corrected chi connectivity index (χ3v) is 3.09. The van der Waals surface area contributed by atoms with Gasteiger partial charge in [-0.2, -0.15) is 0 Å². The molecule has 0 aliphatic heterocycles. The lowest BCUT2D eigenvalue weighted by atomic mass is 10.1. The third-order valence-electron chi connectivity index (χ3n) is 3.09. The van der Waals surface area contributed by atoms with E-state index in [4.69, 9.17) is 11.2 Å². The van der Waals surface area contributed by atoms with Crippen molar-refractivity contribution in [3.63, 3.8) is 0 Å². The molecule has 2 aromatic rings. The fourth-order valence-corrected chi connectivity index (χ4v) is 2.16. The van der Waals surface area contributed by atoms with E-state index in [0.717, 1.165) is 10.9 Å². The Morgan fingerprint density at radius 3 is 2.76 bits per heavy atom. The van der Waals surface area contributed by atoms with E-state index in [1.165, 1.54) is 0 Å². The summed E-state index contributed by atoms with van der Waals surface area (Å²) in [6.07, 6.45) is 5.43. The fraction of sp³-hybridized carbons (Fsp3) is 0.312. The molecule has 0 spiro atoms. The lowest BCUT2D eigenvalue weighted by Crippen LogP contribution is -2.27. The van der Waals surface area contributed by atoms with Gasteiger partial charge in [0.1, 0.15) is 0 Å². The number of rotatable bonds is 5. The minimum Gasteiger partial charge on any atom is -0.461 e. The van der Waals surface area contributed by atoms with Crippen LogP contribution in [0.3, 0.4) is 0 Å². The number of ether oxygens (including phenoxy) is 1. The highest BCUT2D eigenvalue weighted by atomic mass is 16.5. The molecule has 0 aliphatic carbocycles. The van der Waals surface area contributed by atoms with Crippen LogP contribution in [-0.4, -0.2) is 35.9 Å². The van der Waals surface area contributed by atoms with Gasteiger partial charge in [0.25, 0.3) is 0 Å². The van der Waals surface area contributed by atoms with Gasteiger partial charge in [-0.05, 0) is 19.9 Å². The Balaban J connectivity index is 2.68. The van der Waals surface area contributed by atoms with Crippen LogP contribution in [-0.2, 0) is 4.74 Å². The fourth-order valence-electron chi connectivity index (χ4n) is 2.16. The van der Waals surface area contributed by atoms with Crippen molar-refractivity contribution in [2.45, 2.75) is 13.8 Å². The molecular formula is C16H17N3O2. The zero-order chi connectivity index (χ0) is 15.2. The van der Waals surface area contributed by atoms with Crippen molar-refractivity contribution in [2.75, 3.05) is 24.6 Å². The Morgan fingerprint density at radius 2 is 2.10 bits per heavy atom. The molecule has 0 fully saturated rings. The van der Waals surface area contributed by atoms with Crippen molar-refractivity contribution < 1.29 is 9.53 Å². The summed E-state index contributed by atoms with van der Waals surface area (Å²) in [5.41, 5.74) is 1.60. The van der Waals surface area contributed by atoms with E-state index >= 15 is 0 Å². The lowest BCUT2D eigenvalue weighted by molar-refractivity contribution is 0.0519. The van der Waals surface area contributed by atoms with Gasteiger partial charge in [-0.15, -0.1) is 16.6 Å². The van der Waals surface area contributed by atoms with Crippen LogP contribution < -0.4 is 4.90 Å². The molecule has 5 nitrogen and oxygen atoms in total. The van der Waals surface area contributed by atoms with Crippen molar-refractivity contribution in [1.82, 2.24) is 10.2 Å². The second kappa shape index (κ2) is 6.71. The van der Waals surface area contributed by atoms with Gasteiger partial charge in [0.15, 0.2) is 5.69 Å². The summed E-state index contributed by atoms with van der Waals surface area (Å²) in [4.78, 5) is 14.1. The molecule has 21 heavy (non-hydrogen) atoms. The minimum atomic E-state index is -0.485. The largest absolute Gasteiger partial charge is 0.461 e. The van der Waals surface area contributed by atoms with E-state index in [1.807, 2.05) is 36.1 Å². The molecule has 0 aliphatic rings. The normalized spacial score (nSPS) is 10.1.